The summed E-state index contributed by atoms with van der Waals surface area (Å²) in [5, 5.41) is 11.3. The zero-order valence-corrected chi connectivity index (χ0v) is 16.4. The molecule has 1 saturated heterocycles. The zero-order valence-electron chi connectivity index (χ0n) is 16.4. The second-order valence-electron chi connectivity index (χ2n) is 7.69. The van der Waals surface area contributed by atoms with Gasteiger partial charge < -0.3 is 19.1 Å². The Labute approximate surface area is 164 Å². The number of aliphatic hydroxyl groups is 1. The largest absolute Gasteiger partial charge is 0.388 e. The van der Waals surface area contributed by atoms with E-state index in [2.05, 4.69) is 40.7 Å². The predicted molar refractivity (Wildman–Crippen MR) is 110 cm³/mol. The van der Waals surface area contributed by atoms with Gasteiger partial charge in [-0.3, -0.25) is 4.79 Å². The molecular weight excluding hydrogens is 352 g/mol. The van der Waals surface area contributed by atoms with Crippen molar-refractivity contribution in [2.45, 2.75) is 31.9 Å². The van der Waals surface area contributed by atoms with E-state index in [-0.39, 0.29) is 5.56 Å². The fourth-order valence-corrected chi connectivity index (χ4v) is 3.93. The number of aryl methyl sites for hydroxylation is 2. The van der Waals surface area contributed by atoms with Crippen LogP contribution in [0.5, 0.6) is 0 Å². The van der Waals surface area contributed by atoms with Gasteiger partial charge in [0.05, 0.1) is 12.1 Å². The maximum Gasteiger partial charge on any atom is 0.293 e. The maximum absolute atomic E-state index is 12.3. The van der Waals surface area contributed by atoms with Crippen molar-refractivity contribution in [1.82, 2.24) is 14.1 Å². The molecule has 0 spiro atoms. The van der Waals surface area contributed by atoms with E-state index in [1.807, 2.05) is 23.1 Å². The van der Waals surface area contributed by atoms with Gasteiger partial charge >= 0.3 is 0 Å². The average molecular weight is 378 g/mol. The van der Waals surface area contributed by atoms with Crippen molar-refractivity contribution < 1.29 is 5.11 Å². The van der Waals surface area contributed by atoms with E-state index in [0.29, 0.717) is 38.3 Å². The van der Waals surface area contributed by atoms with Crippen LogP contribution in [-0.2, 0) is 13.6 Å². The average Bonchev–Trinajstić information content (AvgIpc) is 3.05. The third-order valence-electron chi connectivity index (χ3n) is 5.71. The summed E-state index contributed by atoms with van der Waals surface area (Å²) in [4.78, 5) is 18.6. The third kappa shape index (κ3) is 3.47. The summed E-state index contributed by atoms with van der Waals surface area (Å²) in [5.41, 5.74) is 2.50. The molecule has 1 N–H and O–H groups in total. The minimum atomic E-state index is -0.802. The Morgan fingerprint density at radius 3 is 2.54 bits per heavy atom. The molecule has 1 aliphatic rings. The van der Waals surface area contributed by atoms with Crippen molar-refractivity contribution in [3.05, 3.63) is 70.9 Å². The van der Waals surface area contributed by atoms with Gasteiger partial charge in [0.1, 0.15) is 0 Å². The van der Waals surface area contributed by atoms with Gasteiger partial charge in [-0.25, -0.2) is 4.98 Å². The first kappa shape index (κ1) is 18.5. The number of aromatic nitrogens is 3. The summed E-state index contributed by atoms with van der Waals surface area (Å²) in [6.45, 7) is 3.85. The van der Waals surface area contributed by atoms with E-state index in [1.165, 1.54) is 0 Å². The topological polar surface area (TPSA) is 63.3 Å². The molecule has 4 rings (SSSR count). The Balaban J connectivity index is 1.53. The Kier molecular flexibility index (Phi) is 4.81. The quantitative estimate of drug-likeness (QED) is 0.758. The normalized spacial score (nSPS) is 16.3. The Morgan fingerprint density at radius 1 is 1.11 bits per heavy atom. The van der Waals surface area contributed by atoms with Gasteiger partial charge in [-0.15, -0.1) is 0 Å². The monoisotopic (exact) mass is 378 g/mol. The van der Waals surface area contributed by atoms with Crippen LogP contribution in [0.15, 0.2) is 59.7 Å². The molecule has 0 amide bonds. The molecule has 28 heavy (non-hydrogen) atoms. The first-order chi connectivity index (χ1) is 13.5. The summed E-state index contributed by atoms with van der Waals surface area (Å²) < 4.78 is 3.74. The molecule has 6 nitrogen and oxygen atoms in total. The molecule has 0 saturated carbocycles. The highest BCUT2D eigenvalue weighted by Crippen LogP contribution is 2.30. The molecule has 0 aliphatic carbocycles. The lowest BCUT2D eigenvalue weighted by Crippen LogP contribution is -2.48. The van der Waals surface area contributed by atoms with Crippen LogP contribution >= 0.6 is 0 Å². The highest BCUT2D eigenvalue weighted by atomic mass is 16.3. The van der Waals surface area contributed by atoms with Crippen LogP contribution in [0, 0.1) is 6.92 Å². The van der Waals surface area contributed by atoms with Crippen LogP contribution in [-0.4, -0.2) is 37.9 Å². The summed E-state index contributed by atoms with van der Waals surface area (Å²) in [6.07, 6.45) is 4.50. The molecule has 1 fully saturated rings. The van der Waals surface area contributed by atoms with Crippen molar-refractivity contribution >= 4 is 5.82 Å². The van der Waals surface area contributed by atoms with Gasteiger partial charge in [0.25, 0.3) is 5.56 Å². The zero-order chi connectivity index (χ0) is 19.7. The SMILES string of the molecule is Cc1ccc(-c2ccccc2)n1CC1(O)CCN(c2nccn(C)c2=O)CC1. The van der Waals surface area contributed by atoms with Crippen LogP contribution in [0.25, 0.3) is 11.3 Å². The van der Waals surface area contributed by atoms with Gasteiger partial charge in [-0.05, 0) is 37.5 Å². The lowest BCUT2D eigenvalue weighted by Gasteiger charge is -2.39. The van der Waals surface area contributed by atoms with Crippen LogP contribution in [0.1, 0.15) is 18.5 Å². The van der Waals surface area contributed by atoms with E-state index in [9.17, 15) is 9.90 Å². The molecule has 0 atom stereocenters. The number of nitrogens with zero attached hydrogens (tertiary/aromatic N) is 4. The van der Waals surface area contributed by atoms with E-state index in [1.54, 1.807) is 24.0 Å². The number of hydrogen-bond donors (Lipinski definition) is 1. The highest BCUT2D eigenvalue weighted by molar-refractivity contribution is 5.60. The number of piperidine rings is 1. The summed E-state index contributed by atoms with van der Waals surface area (Å²) >= 11 is 0. The van der Waals surface area contributed by atoms with Crippen molar-refractivity contribution in [2.24, 2.45) is 7.05 Å². The van der Waals surface area contributed by atoms with Crippen LogP contribution in [0.4, 0.5) is 5.82 Å². The van der Waals surface area contributed by atoms with Crippen molar-refractivity contribution in [2.75, 3.05) is 18.0 Å². The number of anilines is 1. The molecule has 1 aliphatic heterocycles. The van der Waals surface area contributed by atoms with Gasteiger partial charge in [-0.2, -0.15) is 0 Å². The molecule has 2 aromatic heterocycles. The van der Waals surface area contributed by atoms with E-state index >= 15 is 0 Å². The molecule has 3 aromatic rings. The fraction of sp³-hybridized carbons (Fsp3) is 0.364. The minimum absolute atomic E-state index is 0.0967. The summed E-state index contributed by atoms with van der Waals surface area (Å²) in [6, 6.07) is 14.5. The van der Waals surface area contributed by atoms with Crippen LogP contribution in [0.2, 0.25) is 0 Å². The Hall–Kier alpha value is -2.86. The highest BCUT2D eigenvalue weighted by Gasteiger charge is 2.34. The molecular formula is C22H26N4O2. The number of hydrogen-bond acceptors (Lipinski definition) is 4. The standard InChI is InChI=1S/C22H26N4O2/c1-17-8-9-19(18-6-4-3-5-7-18)26(17)16-22(28)10-13-25(14-11-22)20-21(27)24(2)15-12-23-20/h3-9,12,15,28H,10-11,13-14,16H2,1-2H3. The smallest absolute Gasteiger partial charge is 0.293 e. The molecule has 0 bridgehead atoms. The Morgan fingerprint density at radius 2 is 1.82 bits per heavy atom. The first-order valence-electron chi connectivity index (χ1n) is 9.67. The summed E-state index contributed by atoms with van der Waals surface area (Å²) in [7, 11) is 1.73. The molecule has 146 valence electrons. The first-order valence-corrected chi connectivity index (χ1v) is 9.67. The van der Waals surface area contributed by atoms with Gasteiger partial charge in [-0.1, -0.05) is 30.3 Å². The van der Waals surface area contributed by atoms with Crippen molar-refractivity contribution in [1.29, 1.82) is 0 Å². The molecule has 0 unspecified atom stereocenters. The number of benzene rings is 1. The van der Waals surface area contributed by atoms with Gasteiger partial charge in [0.15, 0.2) is 5.82 Å². The van der Waals surface area contributed by atoms with E-state index in [4.69, 9.17) is 0 Å². The van der Waals surface area contributed by atoms with Crippen molar-refractivity contribution in [3.8, 4) is 11.3 Å². The van der Waals surface area contributed by atoms with E-state index < -0.39 is 5.60 Å². The second-order valence-corrected chi connectivity index (χ2v) is 7.69. The van der Waals surface area contributed by atoms with Gasteiger partial charge in [0, 0.05) is 43.9 Å². The van der Waals surface area contributed by atoms with Crippen molar-refractivity contribution in [3.63, 3.8) is 0 Å². The lowest BCUT2D eigenvalue weighted by atomic mass is 9.91. The maximum atomic E-state index is 12.3. The number of rotatable bonds is 4. The minimum Gasteiger partial charge on any atom is -0.388 e. The third-order valence-corrected chi connectivity index (χ3v) is 5.71. The summed E-state index contributed by atoms with van der Waals surface area (Å²) in [5.74, 6) is 0.467. The predicted octanol–water partition coefficient (Wildman–Crippen LogP) is 2.59. The molecule has 1 aromatic carbocycles. The lowest BCUT2D eigenvalue weighted by molar-refractivity contribution is -0.000176. The van der Waals surface area contributed by atoms with E-state index in [0.717, 1.165) is 17.0 Å². The molecule has 3 heterocycles. The fourth-order valence-electron chi connectivity index (χ4n) is 3.93. The van der Waals surface area contributed by atoms with Gasteiger partial charge in [0.2, 0.25) is 0 Å². The molecule has 6 heteroatoms. The molecule has 0 radical (unpaired) electrons. The van der Waals surface area contributed by atoms with Crippen LogP contribution in [0.3, 0.4) is 0 Å². The van der Waals surface area contributed by atoms with Crippen LogP contribution < -0.4 is 10.5 Å². The Bertz CT molecular complexity index is 1010. The second kappa shape index (κ2) is 7.28.